The van der Waals surface area contributed by atoms with Crippen LogP contribution in [0.15, 0.2) is 0 Å². The third-order valence-electron chi connectivity index (χ3n) is 5.35. The number of ether oxygens (including phenoxy) is 1. The minimum atomic E-state index is 0.593. The van der Waals surface area contributed by atoms with E-state index in [4.69, 9.17) is 4.74 Å². The first-order valence-electron chi connectivity index (χ1n) is 10.5. The third-order valence-corrected chi connectivity index (χ3v) is 5.35. The first kappa shape index (κ1) is 20.0. The minimum Gasteiger partial charge on any atom is -0.378 e. The van der Waals surface area contributed by atoms with Gasteiger partial charge in [-0.25, -0.2) is 0 Å². The van der Waals surface area contributed by atoms with Gasteiger partial charge < -0.3 is 4.74 Å². The number of unbranched alkanes of at least 4 members (excludes halogenated alkanes) is 10. The maximum atomic E-state index is 6.11. The Balaban J connectivity index is 2.06. The average Bonchev–Trinajstić information content (AvgIpc) is 2.55. The molecule has 1 saturated heterocycles. The number of hydrogen-bond acceptors (Lipinski definition) is 1. The van der Waals surface area contributed by atoms with Crippen molar-refractivity contribution in [3.8, 4) is 0 Å². The highest BCUT2D eigenvalue weighted by Gasteiger charge is 2.24. The second-order valence-electron chi connectivity index (χ2n) is 7.42. The molecule has 0 N–H and O–H groups in total. The summed E-state index contributed by atoms with van der Waals surface area (Å²) in [4.78, 5) is 0. The van der Waals surface area contributed by atoms with Crippen molar-refractivity contribution in [2.75, 3.05) is 6.61 Å². The number of hydrogen-bond donors (Lipinski definition) is 0. The predicted molar refractivity (Wildman–Crippen MR) is 98.5 cm³/mol. The second kappa shape index (κ2) is 14.5. The molecule has 0 amide bonds. The third kappa shape index (κ3) is 9.87. The molecule has 0 aromatic rings. The maximum absolute atomic E-state index is 6.11. The Morgan fingerprint density at radius 1 is 0.682 bits per heavy atom. The van der Waals surface area contributed by atoms with E-state index in [-0.39, 0.29) is 0 Å². The highest BCUT2D eigenvalue weighted by Crippen LogP contribution is 2.29. The van der Waals surface area contributed by atoms with Crippen LogP contribution in [0.3, 0.4) is 0 Å². The van der Waals surface area contributed by atoms with Crippen molar-refractivity contribution in [2.24, 2.45) is 5.92 Å². The van der Waals surface area contributed by atoms with E-state index in [0.717, 1.165) is 12.5 Å². The normalized spacial score (nSPS) is 22.1. The minimum absolute atomic E-state index is 0.593. The lowest BCUT2D eigenvalue weighted by atomic mass is 9.86. The smallest absolute Gasteiger partial charge is 0.0603 e. The van der Waals surface area contributed by atoms with Gasteiger partial charge >= 0.3 is 0 Å². The molecule has 1 heterocycles. The molecule has 0 unspecified atom stereocenters. The van der Waals surface area contributed by atoms with Crippen molar-refractivity contribution in [3.05, 3.63) is 0 Å². The first-order valence-corrected chi connectivity index (χ1v) is 10.5. The molecule has 1 aliphatic heterocycles. The molecule has 1 nitrogen and oxygen atoms in total. The summed E-state index contributed by atoms with van der Waals surface area (Å²) >= 11 is 0. The molecule has 1 fully saturated rings. The van der Waals surface area contributed by atoms with Crippen LogP contribution in [0.5, 0.6) is 0 Å². The van der Waals surface area contributed by atoms with Crippen LogP contribution in [-0.2, 0) is 4.74 Å². The standard InChI is InChI=1S/C21H42O/c1-3-5-7-9-11-13-16-20-17-15-19-22-21(20)18-14-12-10-8-6-4-2/h20-21H,3-19H2,1-2H3/t20-,21+/m0/s1. The Labute approximate surface area is 140 Å². The van der Waals surface area contributed by atoms with Gasteiger partial charge in [-0.1, -0.05) is 90.9 Å². The zero-order valence-corrected chi connectivity index (χ0v) is 15.6. The van der Waals surface area contributed by atoms with Gasteiger partial charge in [0.1, 0.15) is 0 Å². The van der Waals surface area contributed by atoms with Crippen molar-refractivity contribution in [2.45, 2.75) is 123 Å². The van der Waals surface area contributed by atoms with Crippen molar-refractivity contribution in [1.82, 2.24) is 0 Å². The molecule has 1 heteroatoms. The zero-order chi connectivity index (χ0) is 15.9. The fourth-order valence-corrected chi connectivity index (χ4v) is 3.86. The van der Waals surface area contributed by atoms with Crippen molar-refractivity contribution in [1.29, 1.82) is 0 Å². The van der Waals surface area contributed by atoms with Gasteiger partial charge in [-0.05, 0) is 31.6 Å². The summed E-state index contributed by atoms with van der Waals surface area (Å²) < 4.78 is 6.11. The Bertz CT molecular complexity index is 202. The van der Waals surface area contributed by atoms with Gasteiger partial charge in [-0.15, -0.1) is 0 Å². The van der Waals surface area contributed by atoms with Crippen LogP contribution in [0.4, 0.5) is 0 Å². The van der Waals surface area contributed by atoms with Gasteiger partial charge in [0.25, 0.3) is 0 Å². The van der Waals surface area contributed by atoms with Crippen LogP contribution in [0, 0.1) is 5.92 Å². The van der Waals surface area contributed by atoms with Crippen molar-refractivity contribution >= 4 is 0 Å². The Morgan fingerprint density at radius 2 is 1.23 bits per heavy atom. The van der Waals surface area contributed by atoms with Gasteiger partial charge in [-0.3, -0.25) is 0 Å². The Hall–Kier alpha value is -0.0400. The predicted octanol–water partition coefficient (Wildman–Crippen LogP) is 7.28. The van der Waals surface area contributed by atoms with Crippen LogP contribution < -0.4 is 0 Å². The van der Waals surface area contributed by atoms with Gasteiger partial charge in [0.15, 0.2) is 0 Å². The SMILES string of the molecule is CCCCCCCC[C@H]1CCCO[C@@H]1CCCCCCCC. The fourth-order valence-electron chi connectivity index (χ4n) is 3.86. The van der Waals surface area contributed by atoms with Crippen LogP contribution in [0.25, 0.3) is 0 Å². The largest absolute Gasteiger partial charge is 0.378 e. The highest BCUT2D eigenvalue weighted by molar-refractivity contribution is 4.75. The lowest BCUT2D eigenvalue weighted by Crippen LogP contribution is -2.29. The van der Waals surface area contributed by atoms with Crippen LogP contribution in [0.2, 0.25) is 0 Å². The van der Waals surface area contributed by atoms with Gasteiger partial charge in [0.2, 0.25) is 0 Å². The van der Waals surface area contributed by atoms with Crippen molar-refractivity contribution in [3.63, 3.8) is 0 Å². The molecule has 0 radical (unpaired) electrons. The molecule has 0 aromatic carbocycles. The van der Waals surface area contributed by atoms with Crippen LogP contribution in [-0.4, -0.2) is 12.7 Å². The van der Waals surface area contributed by atoms with E-state index in [1.54, 1.807) is 0 Å². The Kier molecular flexibility index (Phi) is 13.2. The van der Waals surface area contributed by atoms with Crippen LogP contribution in [0.1, 0.15) is 117 Å². The van der Waals surface area contributed by atoms with E-state index in [9.17, 15) is 0 Å². The lowest BCUT2D eigenvalue weighted by molar-refractivity contribution is -0.0352. The van der Waals surface area contributed by atoms with E-state index >= 15 is 0 Å². The molecule has 22 heavy (non-hydrogen) atoms. The maximum Gasteiger partial charge on any atom is 0.0603 e. The molecule has 1 rings (SSSR count). The average molecular weight is 311 g/mol. The van der Waals surface area contributed by atoms with Gasteiger partial charge in [0.05, 0.1) is 6.10 Å². The summed E-state index contributed by atoms with van der Waals surface area (Å²) in [6, 6.07) is 0. The van der Waals surface area contributed by atoms with E-state index in [2.05, 4.69) is 13.8 Å². The monoisotopic (exact) mass is 310 g/mol. The van der Waals surface area contributed by atoms with Crippen molar-refractivity contribution < 1.29 is 4.74 Å². The first-order chi connectivity index (χ1) is 10.9. The van der Waals surface area contributed by atoms with E-state index in [1.807, 2.05) is 0 Å². The highest BCUT2D eigenvalue weighted by atomic mass is 16.5. The Morgan fingerprint density at radius 3 is 1.86 bits per heavy atom. The molecule has 132 valence electrons. The summed E-state index contributed by atoms with van der Waals surface area (Å²) in [7, 11) is 0. The second-order valence-corrected chi connectivity index (χ2v) is 7.42. The molecule has 2 atom stereocenters. The molecule has 1 aliphatic rings. The van der Waals surface area contributed by atoms with E-state index in [1.165, 1.54) is 103 Å². The topological polar surface area (TPSA) is 9.23 Å². The van der Waals surface area contributed by atoms with E-state index in [0.29, 0.717) is 6.10 Å². The molecular weight excluding hydrogens is 268 g/mol. The van der Waals surface area contributed by atoms with Gasteiger partial charge in [-0.2, -0.15) is 0 Å². The van der Waals surface area contributed by atoms with E-state index < -0.39 is 0 Å². The number of rotatable bonds is 14. The fraction of sp³-hybridized carbons (Fsp3) is 1.00. The molecule has 0 aliphatic carbocycles. The summed E-state index contributed by atoms with van der Waals surface area (Å²) in [5, 5.41) is 0. The summed E-state index contributed by atoms with van der Waals surface area (Å²) in [6.45, 7) is 5.61. The zero-order valence-electron chi connectivity index (χ0n) is 15.6. The molecular formula is C21H42O. The molecule has 0 saturated carbocycles. The quantitative estimate of drug-likeness (QED) is 0.306. The summed E-state index contributed by atoms with van der Waals surface area (Å²) in [5.41, 5.74) is 0. The molecule has 0 spiro atoms. The molecule has 0 aromatic heterocycles. The molecule has 0 bridgehead atoms. The van der Waals surface area contributed by atoms with Crippen LogP contribution >= 0.6 is 0 Å². The lowest BCUT2D eigenvalue weighted by Gasteiger charge is -2.32. The van der Waals surface area contributed by atoms with Gasteiger partial charge in [0, 0.05) is 6.61 Å². The summed E-state index contributed by atoms with van der Waals surface area (Å²) in [5.74, 6) is 0.871. The summed E-state index contributed by atoms with van der Waals surface area (Å²) in [6.07, 6.45) is 23.1.